The normalized spacial score (nSPS) is 14.6. The summed E-state index contributed by atoms with van der Waals surface area (Å²) in [5.41, 5.74) is 0.883. The molecule has 0 aliphatic rings. The summed E-state index contributed by atoms with van der Waals surface area (Å²) in [7, 11) is 0. The third-order valence-corrected chi connectivity index (χ3v) is 3.18. The molecule has 0 radical (unpaired) electrons. The van der Waals surface area contributed by atoms with E-state index in [9.17, 15) is 0 Å². The minimum atomic E-state index is 0.214. The van der Waals surface area contributed by atoms with E-state index in [2.05, 4.69) is 41.2 Å². The Morgan fingerprint density at radius 3 is 2.89 bits per heavy atom. The molecule has 0 saturated carbocycles. The van der Waals surface area contributed by atoms with Gasteiger partial charge in [0.25, 0.3) is 0 Å². The average Bonchev–Trinajstić information content (AvgIpc) is 3.04. The summed E-state index contributed by atoms with van der Waals surface area (Å²) in [6, 6.07) is 4.22. The van der Waals surface area contributed by atoms with Gasteiger partial charge in [0.15, 0.2) is 0 Å². The van der Waals surface area contributed by atoms with Crippen LogP contribution in [0.1, 0.15) is 39.0 Å². The van der Waals surface area contributed by atoms with Crippen molar-refractivity contribution in [3.8, 4) is 11.5 Å². The smallest absolute Gasteiger partial charge is 0.231 e. The molecule has 0 bridgehead atoms. The van der Waals surface area contributed by atoms with Crippen molar-refractivity contribution in [3.63, 3.8) is 0 Å². The van der Waals surface area contributed by atoms with Gasteiger partial charge in [-0.1, -0.05) is 25.9 Å². The highest BCUT2D eigenvalue weighted by molar-refractivity contribution is 5.47. The van der Waals surface area contributed by atoms with Gasteiger partial charge in [0.2, 0.25) is 11.7 Å². The number of hydrogen-bond acceptors (Lipinski definition) is 4. The molecular weight excluding hydrogens is 228 g/mol. The van der Waals surface area contributed by atoms with Crippen LogP contribution in [0.5, 0.6) is 0 Å². The summed E-state index contributed by atoms with van der Waals surface area (Å²) < 4.78 is 5.36. The van der Waals surface area contributed by atoms with E-state index in [1.165, 1.54) is 0 Å². The lowest BCUT2D eigenvalue weighted by molar-refractivity contribution is 0.321. The van der Waals surface area contributed by atoms with Crippen LogP contribution in [0.15, 0.2) is 22.9 Å². The molecule has 0 fully saturated rings. The predicted molar refractivity (Wildman–Crippen MR) is 70.3 cm³/mol. The highest BCUT2D eigenvalue weighted by Gasteiger charge is 2.22. The Morgan fingerprint density at radius 2 is 2.28 bits per heavy atom. The van der Waals surface area contributed by atoms with E-state index in [1.54, 1.807) is 0 Å². The van der Waals surface area contributed by atoms with Gasteiger partial charge in [0.1, 0.15) is 0 Å². The molecule has 2 aromatic heterocycles. The van der Waals surface area contributed by atoms with Gasteiger partial charge in [-0.15, -0.1) is 0 Å². The van der Waals surface area contributed by atoms with Crippen LogP contribution in [0.25, 0.3) is 11.5 Å². The Hall–Kier alpha value is -1.62. The lowest BCUT2D eigenvalue weighted by Gasteiger charge is -2.20. The van der Waals surface area contributed by atoms with E-state index in [-0.39, 0.29) is 5.92 Å². The fraction of sp³-hybridized carbons (Fsp3) is 0.538. The van der Waals surface area contributed by atoms with Crippen molar-refractivity contribution in [2.24, 2.45) is 0 Å². The van der Waals surface area contributed by atoms with Crippen LogP contribution in [-0.4, -0.2) is 27.7 Å². The number of nitrogens with zero attached hydrogens (tertiary/aromatic N) is 2. The second kappa shape index (κ2) is 5.82. The molecule has 2 rings (SSSR count). The summed E-state index contributed by atoms with van der Waals surface area (Å²) >= 11 is 0. The summed E-state index contributed by atoms with van der Waals surface area (Å²) in [5, 5.41) is 7.45. The van der Waals surface area contributed by atoms with E-state index in [0.29, 0.717) is 17.8 Å². The minimum absolute atomic E-state index is 0.214. The molecule has 0 amide bonds. The van der Waals surface area contributed by atoms with Crippen LogP contribution in [0.4, 0.5) is 0 Å². The summed E-state index contributed by atoms with van der Waals surface area (Å²) in [5.74, 6) is 1.52. The summed E-state index contributed by atoms with van der Waals surface area (Å²) in [6.07, 6.45) is 2.89. The Kier molecular flexibility index (Phi) is 4.15. The number of aromatic amines is 1. The molecule has 0 aliphatic carbocycles. The fourth-order valence-corrected chi connectivity index (χ4v) is 2.11. The maximum absolute atomic E-state index is 5.36. The number of hydrogen-bond donors (Lipinski definition) is 2. The first-order chi connectivity index (χ1) is 8.76. The van der Waals surface area contributed by atoms with Crippen molar-refractivity contribution in [1.82, 2.24) is 20.4 Å². The quantitative estimate of drug-likeness (QED) is 0.824. The lowest BCUT2D eigenvalue weighted by Crippen LogP contribution is -2.33. The molecule has 2 aromatic rings. The standard InChI is InChI=1S/C13H20N4O/c1-4-10(14-5-2)9(3)13-16-12(17-18-13)11-7-6-8-15-11/h6-10,14-15H,4-5H2,1-3H3. The van der Waals surface area contributed by atoms with Crippen molar-refractivity contribution >= 4 is 0 Å². The Labute approximate surface area is 107 Å². The molecular formula is C13H20N4O. The molecule has 0 saturated heterocycles. The molecule has 2 N–H and O–H groups in total. The molecule has 18 heavy (non-hydrogen) atoms. The fourth-order valence-electron chi connectivity index (χ4n) is 2.11. The van der Waals surface area contributed by atoms with E-state index in [4.69, 9.17) is 4.52 Å². The van der Waals surface area contributed by atoms with Crippen LogP contribution < -0.4 is 5.32 Å². The topological polar surface area (TPSA) is 66.7 Å². The summed E-state index contributed by atoms with van der Waals surface area (Å²) in [4.78, 5) is 7.53. The maximum atomic E-state index is 5.36. The molecule has 98 valence electrons. The van der Waals surface area contributed by atoms with Crippen molar-refractivity contribution < 1.29 is 4.52 Å². The SMILES string of the molecule is CCNC(CC)C(C)c1nc(-c2ccc[nH]2)no1. The molecule has 2 unspecified atom stereocenters. The van der Waals surface area contributed by atoms with Gasteiger partial charge < -0.3 is 14.8 Å². The molecule has 0 aliphatic heterocycles. The molecule has 2 atom stereocenters. The average molecular weight is 248 g/mol. The molecule has 0 aromatic carbocycles. The molecule has 2 heterocycles. The zero-order valence-electron chi connectivity index (χ0n) is 11.1. The Morgan fingerprint density at radius 1 is 1.44 bits per heavy atom. The number of likely N-dealkylation sites (N-methyl/N-ethyl adjacent to an activating group) is 1. The van der Waals surface area contributed by atoms with Gasteiger partial charge in [0, 0.05) is 12.2 Å². The van der Waals surface area contributed by atoms with E-state index < -0.39 is 0 Å². The van der Waals surface area contributed by atoms with Crippen LogP contribution >= 0.6 is 0 Å². The van der Waals surface area contributed by atoms with Crippen molar-refractivity contribution in [2.45, 2.75) is 39.2 Å². The minimum Gasteiger partial charge on any atom is -0.359 e. The number of aromatic nitrogens is 3. The second-order valence-corrected chi connectivity index (χ2v) is 4.40. The van der Waals surface area contributed by atoms with E-state index >= 15 is 0 Å². The van der Waals surface area contributed by atoms with Crippen LogP contribution in [0.2, 0.25) is 0 Å². The van der Waals surface area contributed by atoms with Crippen molar-refractivity contribution in [3.05, 3.63) is 24.2 Å². The van der Waals surface area contributed by atoms with Gasteiger partial charge in [0.05, 0.1) is 11.6 Å². The van der Waals surface area contributed by atoms with Crippen molar-refractivity contribution in [2.75, 3.05) is 6.54 Å². The zero-order valence-corrected chi connectivity index (χ0v) is 11.1. The van der Waals surface area contributed by atoms with Crippen LogP contribution in [-0.2, 0) is 0 Å². The third kappa shape index (κ3) is 2.61. The number of rotatable bonds is 6. The maximum Gasteiger partial charge on any atom is 0.231 e. The van der Waals surface area contributed by atoms with Gasteiger partial charge in [-0.05, 0) is 25.1 Å². The largest absolute Gasteiger partial charge is 0.359 e. The summed E-state index contributed by atoms with van der Waals surface area (Å²) in [6.45, 7) is 7.32. The second-order valence-electron chi connectivity index (χ2n) is 4.40. The van der Waals surface area contributed by atoms with Gasteiger partial charge in [-0.25, -0.2) is 0 Å². The highest BCUT2D eigenvalue weighted by Crippen LogP contribution is 2.22. The molecule has 0 spiro atoms. The first-order valence-electron chi connectivity index (χ1n) is 6.47. The van der Waals surface area contributed by atoms with Crippen LogP contribution in [0.3, 0.4) is 0 Å². The molecule has 5 heteroatoms. The first kappa shape index (κ1) is 12.8. The van der Waals surface area contributed by atoms with Gasteiger partial charge in [-0.3, -0.25) is 0 Å². The van der Waals surface area contributed by atoms with Gasteiger partial charge in [-0.2, -0.15) is 4.98 Å². The third-order valence-electron chi connectivity index (χ3n) is 3.18. The Bertz CT molecular complexity index is 463. The predicted octanol–water partition coefficient (Wildman–Crippen LogP) is 2.56. The molecule has 5 nitrogen and oxygen atoms in total. The lowest BCUT2D eigenvalue weighted by atomic mass is 9.99. The highest BCUT2D eigenvalue weighted by atomic mass is 16.5. The number of nitrogens with one attached hydrogen (secondary N) is 2. The zero-order chi connectivity index (χ0) is 13.0. The van der Waals surface area contributed by atoms with Crippen LogP contribution in [0, 0.1) is 0 Å². The first-order valence-corrected chi connectivity index (χ1v) is 6.47. The van der Waals surface area contributed by atoms with E-state index in [1.807, 2.05) is 18.3 Å². The Balaban J connectivity index is 2.14. The van der Waals surface area contributed by atoms with Gasteiger partial charge >= 0.3 is 0 Å². The van der Waals surface area contributed by atoms with E-state index in [0.717, 1.165) is 18.7 Å². The monoisotopic (exact) mass is 248 g/mol. The number of H-pyrrole nitrogens is 1. The van der Waals surface area contributed by atoms with Crippen molar-refractivity contribution in [1.29, 1.82) is 0 Å².